The van der Waals surface area contributed by atoms with E-state index in [-0.39, 0.29) is 16.8 Å². The molecule has 1 unspecified atom stereocenters. The molecule has 0 fully saturated rings. The first-order valence-electron chi connectivity index (χ1n) is 6.28. The first-order valence-corrected chi connectivity index (χ1v) is 8.25. The van der Waals surface area contributed by atoms with Crippen LogP contribution in [0.3, 0.4) is 0 Å². The third-order valence-corrected chi connectivity index (χ3v) is 5.91. The van der Waals surface area contributed by atoms with E-state index in [9.17, 15) is 8.42 Å². The molecule has 0 saturated carbocycles. The zero-order valence-corrected chi connectivity index (χ0v) is 13.2. The zero-order valence-electron chi connectivity index (χ0n) is 11.7. The monoisotopic (exact) mass is 312 g/mol. The average molecular weight is 313 g/mol. The third kappa shape index (κ3) is 2.53. The number of aromatic nitrogens is 1. The normalized spacial score (nSPS) is 13.8. The summed E-state index contributed by atoms with van der Waals surface area (Å²) >= 11 is 5.77. The summed E-state index contributed by atoms with van der Waals surface area (Å²) in [5.41, 5.74) is 1.66. The molecular weight excluding hydrogens is 296 g/mol. The van der Waals surface area contributed by atoms with Gasteiger partial charge in [-0.15, -0.1) is 11.6 Å². The predicted octanol–water partition coefficient (Wildman–Crippen LogP) is 2.79. The quantitative estimate of drug-likeness (QED) is 0.816. The molecule has 0 bridgehead atoms. The molecule has 2 rings (SSSR count). The van der Waals surface area contributed by atoms with Crippen LogP contribution < -0.4 is 0 Å². The Kier molecular flexibility index (Phi) is 4.32. The van der Waals surface area contributed by atoms with Crippen molar-refractivity contribution in [2.45, 2.75) is 24.8 Å². The molecule has 0 amide bonds. The molecule has 0 aliphatic rings. The van der Waals surface area contributed by atoms with Crippen LogP contribution in [0.1, 0.15) is 12.5 Å². The Labute approximate surface area is 124 Å². The minimum Gasteiger partial charge on any atom is -0.256 e. The van der Waals surface area contributed by atoms with Crippen LogP contribution in [0.15, 0.2) is 35.4 Å². The molecule has 0 N–H and O–H groups in total. The predicted molar refractivity (Wildman–Crippen MR) is 81.6 cm³/mol. The summed E-state index contributed by atoms with van der Waals surface area (Å²) in [6.45, 7) is 3.69. The molecule has 20 heavy (non-hydrogen) atoms. The summed E-state index contributed by atoms with van der Waals surface area (Å²) < 4.78 is 26.7. The van der Waals surface area contributed by atoms with Crippen LogP contribution in [0.5, 0.6) is 0 Å². The van der Waals surface area contributed by atoms with Gasteiger partial charge in [0.1, 0.15) is 0 Å². The Morgan fingerprint density at radius 2 is 2.05 bits per heavy atom. The van der Waals surface area contributed by atoms with Crippen molar-refractivity contribution in [1.82, 2.24) is 9.29 Å². The number of sulfonamides is 1. The highest BCUT2D eigenvalue weighted by Crippen LogP contribution is 2.27. The van der Waals surface area contributed by atoms with Gasteiger partial charge in [0, 0.05) is 30.6 Å². The van der Waals surface area contributed by atoms with Crippen LogP contribution >= 0.6 is 11.6 Å². The van der Waals surface area contributed by atoms with Gasteiger partial charge in [-0.05, 0) is 37.6 Å². The third-order valence-electron chi connectivity index (χ3n) is 3.43. The maximum absolute atomic E-state index is 12.7. The van der Waals surface area contributed by atoms with Crippen molar-refractivity contribution in [3.63, 3.8) is 0 Å². The van der Waals surface area contributed by atoms with E-state index in [1.807, 2.05) is 6.92 Å². The highest BCUT2D eigenvalue weighted by Gasteiger charge is 2.27. The smallest absolute Gasteiger partial charge is 0.243 e. The van der Waals surface area contributed by atoms with Gasteiger partial charge in [0.15, 0.2) is 0 Å². The van der Waals surface area contributed by atoms with Crippen LogP contribution in [0.4, 0.5) is 0 Å². The Balaban J connectivity index is 2.67. The minimum atomic E-state index is -3.58. The van der Waals surface area contributed by atoms with Crippen LogP contribution in [0.2, 0.25) is 0 Å². The van der Waals surface area contributed by atoms with Gasteiger partial charge in [-0.25, -0.2) is 8.42 Å². The number of hydrogen-bond donors (Lipinski definition) is 0. The standard InChI is InChI=1S/C14H17ClN2O2S/c1-10-6-7-13(12-5-4-8-16-14(10)12)20(18,19)17(3)11(2)9-15/h4-8,11H,9H2,1-3H3. The number of rotatable bonds is 4. The minimum absolute atomic E-state index is 0.248. The van der Waals surface area contributed by atoms with E-state index in [2.05, 4.69) is 4.98 Å². The summed E-state index contributed by atoms with van der Waals surface area (Å²) in [6, 6.07) is 6.66. The van der Waals surface area contributed by atoms with Gasteiger partial charge in [0.25, 0.3) is 0 Å². The van der Waals surface area contributed by atoms with Crippen molar-refractivity contribution in [2.24, 2.45) is 0 Å². The molecule has 1 heterocycles. The Morgan fingerprint density at radius 3 is 2.70 bits per heavy atom. The highest BCUT2D eigenvalue weighted by molar-refractivity contribution is 7.89. The lowest BCUT2D eigenvalue weighted by Gasteiger charge is -2.23. The second-order valence-electron chi connectivity index (χ2n) is 4.80. The van der Waals surface area contributed by atoms with E-state index in [0.29, 0.717) is 10.9 Å². The van der Waals surface area contributed by atoms with Crippen LogP contribution in [0, 0.1) is 6.92 Å². The van der Waals surface area contributed by atoms with Gasteiger partial charge >= 0.3 is 0 Å². The van der Waals surface area contributed by atoms with Crippen molar-refractivity contribution in [3.8, 4) is 0 Å². The molecule has 1 atom stereocenters. The molecule has 1 aromatic carbocycles. The molecule has 1 aromatic heterocycles. The SMILES string of the molecule is Cc1ccc(S(=O)(=O)N(C)C(C)CCl)c2cccnc12. The highest BCUT2D eigenvalue weighted by atomic mass is 35.5. The van der Waals surface area contributed by atoms with Crippen molar-refractivity contribution in [2.75, 3.05) is 12.9 Å². The number of nitrogens with zero attached hydrogens (tertiary/aromatic N) is 2. The van der Waals surface area contributed by atoms with Gasteiger partial charge < -0.3 is 0 Å². The molecule has 0 radical (unpaired) electrons. The lowest BCUT2D eigenvalue weighted by molar-refractivity contribution is 0.414. The first kappa shape index (κ1) is 15.2. The maximum atomic E-state index is 12.7. The van der Waals surface area contributed by atoms with Gasteiger partial charge in [-0.2, -0.15) is 4.31 Å². The summed E-state index contributed by atoms with van der Waals surface area (Å²) in [5.74, 6) is 0.248. The van der Waals surface area contributed by atoms with Crippen molar-refractivity contribution in [1.29, 1.82) is 0 Å². The summed E-state index contributed by atoms with van der Waals surface area (Å²) in [4.78, 5) is 4.54. The maximum Gasteiger partial charge on any atom is 0.243 e. The lowest BCUT2D eigenvalue weighted by atomic mass is 10.1. The summed E-state index contributed by atoms with van der Waals surface area (Å²) in [5, 5.41) is 0.640. The number of fused-ring (bicyclic) bond motifs is 1. The van der Waals surface area contributed by atoms with E-state index in [0.717, 1.165) is 5.56 Å². The van der Waals surface area contributed by atoms with Crippen molar-refractivity contribution in [3.05, 3.63) is 36.0 Å². The number of alkyl halides is 1. The van der Waals surface area contributed by atoms with Crippen LogP contribution in [-0.2, 0) is 10.0 Å². The Bertz CT molecular complexity index is 731. The summed E-state index contributed by atoms with van der Waals surface area (Å²) in [6.07, 6.45) is 1.66. The number of hydrogen-bond acceptors (Lipinski definition) is 3. The van der Waals surface area contributed by atoms with Crippen LogP contribution in [-0.4, -0.2) is 36.7 Å². The lowest BCUT2D eigenvalue weighted by Crippen LogP contribution is -2.36. The van der Waals surface area contributed by atoms with Crippen molar-refractivity contribution >= 4 is 32.5 Å². The molecule has 0 aliphatic heterocycles. The van der Waals surface area contributed by atoms with E-state index in [1.165, 1.54) is 4.31 Å². The molecule has 0 spiro atoms. The average Bonchev–Trinajstić information content (AvgIpc) is 2.46. The Hall–Kier alpha value is -1.17. The largest absolute Gasteiger partial charge is 0.256 e. The van der Waals surface area contributed by atoms with Gasteiger partial charge in [0.05, 0.1) is 10.4 Å². The molecule has 0 saturated heterocycles. The molecule has 6 heteroatoms. The second-order valence-corrected chi connectivity index (χ2v) is 7.08. The van der Waals surface area contributed by atoms with Gasteiger partial charge in [0.2, 0.25) is 10.0 Å². The van der Waals surface area contributed by atoms with Crippen molar-refractivity contribution < 1.29 is 8.42 Å². The number of pyridine rings is 1. The fourth-order valence-corrected chi connectivity index (χ4v) is 3.83. The number of halogens is 1. The number of benzene rings is 1. The Morgan fingerprint density at radius 1 is 1.35 bits per heavy atom. The van der Waals surface area contributed by atoms with E-state index in [1.54, 1.807) is 44.4 Å². The number of aryl methyl sites for hydroxylation is 1. The topological polar surface area (TPSA) is 50.3 Å². The second kappa shape index (κ2) is 5.68. The fourth-order valence-electron chi connectivity index (χ4n) is 2.00. The molecule has 0 aliphatic carbocycles. The molecular formula is C14H17ClN2O2S. The zero-order chi connectivity index (χ0) is 14.9. The molecule has 4 nitrogen and oxygen atoms in total. The van der Waals surface area contributed by atoms with Crippen LogP contribution in [0.25, 0.3) is 10.9 Å². The summed E-state index contributed by atoms with van der Waals surface area (Å²) in [7, 11) is -2.04. The van der Waals surface area contributed by atoms with E-state index in [4.69, 9.17) is 11.6 Å². The van der Waals surface area contributed by atoms with Gasteiger partial charge in [-0.3, -0.25) is 4.98 Å². The molecule has 2 aromatic rings. The molecule has 108 valence electrons. The van der Waals surface area contributed by atoms with E-state index >= 15 is 0 Å². The van der Waals surface area contributed by atoms with Gasteiger partial charge in [-0.1, -0.05) is 6.07 Å². The van der Waals surface area contributed by atoms with E-state index < -0.39 is 10.0 Å². The first-order chi connectivity index (χ1) is 9.39. The fraction of sp³-hybridized carbons (Fsp3) is 0.357.